The fourth-order valence-electron chi connectivity index (χ4n) is 2.30. The molecule has 2 aromatic heterocycles. The normalized spacial score (nSPS) is 12.9. The first-order valence-corrected chi connectivity index (χ1v) is 8.22. The van der Waals surface area contributed by atoms with Crippen molar-refractivity contribution in [2.24, 2.45) is 0 Å². The number of fused-ring (bicyclic) bond motifs is 1. The summed E-state index contributed by atoms with van der Waals surface area (Å²) in [7, 11) is 0. The predicted octanol–water partition coefficient (Wildman–Crippen LogP) is 4.32. The monoisotopic (exact) mass is 349 g/mol. The summed E-state index contributed by atoms with van der Waals surface area (Å²) in [6.45, 7) is 5.07. The van der Waals surface area contributed by atoms with Crippen molar-refractivity contribution < 1.29 is 0 Å². The molecular formula is C15H16BrN3S. The second-order valence-corrected chi connectivity index (χ2v) is 6.65. The lowest BCUT2D eigenvalue weighted by atomic mass is 10.1. The van der Waals surface area contributed by atoms with E-state index in [1.54, 1.807) is 11.3 Å². The first-order chi connectivity index (χ1) is 9.65. The zero-order valence-corrected chi connectivity index (χ0v) is 13.8. The Hall–Kier alpha value is -1.17. The van der Waals surface area contributed by atoms with Crippen LogP contribution in [0.15, 0.2) is 40.3 Å². The van der Waals surface area contributed by atoms with Crippen molar-refractivity contribution in [1.29, 1.82) is 0 Å². The van der Waals surface area contributed by atoms with Gasteiger partial charge in [0.05, 0.1) is 11.4 Å². The molecular weight excluding hydrogens is 334 g/mol. The molecule has 104 valence electrons. The van der Waals surface area contributed by atoms with Gasteiger partial charge in [-0.1, -0.05) is 28.1 Å². The van der Waals surface area contributed by atoms with E-state index in [9.17, 15) is 0 Å². The Bertz CT molecular complexity index is 732. The molecule has 5 heteroatoms. The maximum Gasteiger partial charge on any atom is 0.194 e. The second-order valence-electron chi connectivity index (χ2n) is 4.86. The largest absolute Gasteiger partial charge is 0.305 e. The van der Waals surface area contributed by atoms with Crippen molar-refractivity contribution in [2.45, 2.75) is 26.4 Å². The Morgan fingerprint density at radius 1 is 1.45 bits per heavy atom. The van der Waals surface area contributed by atoms with Crippen LogP contribution >= 0.6 is 27.3 Å². The third-order valence-corrected chi connectivity index (χ3v) is 4.74. The molecule has 0 aliphatic rings. The topological polar surface area (TPSA) is 29.3 Å². The van der Waals surface area contributed by atoms with Crippen LogP contribution in [-0.4, -0.2) is 9.38 Å². The second kappa shape index (κ2) is 5.68. The Morgan fingerprint density at radius 2 is 2.30 bits per heavy atom. The van der Waals surface area contributed by atoms with E-state index >= 15 is 0 Å². The van der Waals surface area contributed by atoms with E-state index in [2.05, 4.69) is 74.3 Å². The number of hydrogen-bond donors (Lipinski definition) is 1. The first-order valence-electron chi connectivity index (χ1n) is 6.55. The van der Waals surface area contributed by atoms with E-state index in [1.807, 2.05) is 6.07 Å². The molecule has 0 aliphatic carbocycles. The minimum absolute atomic E-state index is 0.302. The van der Waals surface area contributed by atoms with Gasteiger partial charge in [-0.05, 0) is 31.5 Å². The van der Waals surface area contributed by atoms with Crippen LogP contribution in [0.2, 0.25) is 0 Å². The minimum Gasteiger partial charge on any atom is -0.305 e. The smallest absolute Gasteiger partial charge is 0.194 e. The number of hydrogen-bond acceptors (Lipinski definition) is 3. The van der Waals surface area contributed by atoms with Gasteiger partial charge < -0.3 is 5.32 Å². The number of aromatic nitrogens is 2. The van der Waals surface area contributed by atoms with Gasteiger partial charge >= 0.3 is 0 Å². The van der Waals surface area contributed by atoms with Crippen LogP contribution in [0.1, 0.15) is 29.9 Å². The van der Waals surface area contributed by atoms with Gasteiger partial charge in [-0.3, -0.25) is 4.40 Å². The molecule has 1 N–H and O–H groups in total. The molecule has 0 radical (unpaired) electrons. The third kappa shape index (κ3) is 2.66. The summed E-state index contributed by atoms with van der Waals surface area (Å²) in [6.07, 6.45) is 2.08. The first kappa shape index (κ1) is 13.8. The molecule has 1 atom stereocenters. The van der Waals surface area contributed by atoms with Crippen LogP contribution in [0.4, 0.5) is 0 Å². The molecule has 0 aliphatic heterocycles. The van der Waals surface area contributed by atoms with Crippen molar-refractivity contribution in [3.05, 3.63) is 57.3 Å². The number of aryl methyl sites for hydroxylation is 1. The van der Waals surface area contributed by atoms with Crippen molar-refractivity contribution in [3.63, 3.8) is 0 Å². The van der Waals surface area contributed by atoms with Crippen molar-refractivity contribution in [3.8, 4) is 0 Å². The average molecular weight is 350 g/mol. The van der Waals surface area contributed by atoms with Gasteiger partial charge in [-0.25, -0.2) is 4.98 Å². The van der Waals surface area contributed by atoms with E-state index in [1.165, 1.54) is 11.3 Å². The van der Waals surface area contributed by atoms with Gasteiger partial charge in [0.15, 0.2) is 4.96 Å². The SMILES string of the molecule is Cc1nc2sccn2c1CN[C@@H](C)c1cccc(Br)c1. The molecule has 1 aromatic carbocycles. The molecule has 0 amide bonds. The number of thiazole rings is 1. The van der Waals surface area contributed by atoms with E-state index in [-0.39, 0.29) is 0 Å². The highest BCUT2D eigenvalue weighted by Gasteiger charge is 2.11. The summed E-state index contributed by atoms with van der Waals surface area (Å²) in [5.41, 5.74) is 3.62. The molecule has 0 unspecified atom stereocenters. The summed E-state index contributed by atoms with van der Waals surface area (Å²) < 4.78 is 3.28. The maximum absolute atomic E-state index is 4.57. The van der Waals surface area contributed by atoms with Crippen LogP contribution in [0.3, 0.4) is 0 Å². The standard InChI is InChI=1S/C15H16BrN3S/c1-10(12-4-3-5-13(16)8-12)17-9-14-11(2)18-15-19(14)6-7-20-15/h3-8,10,17H,9H2,1-2H3/t10-/m0/s1. The van der Waals surface area contributed by atoms with Gasteiger partial charge in [-0.2, -0.15) is 0 Å². The van der Waals surface area contributed by atoms with Gasteiger partial charge in [-0.15, -0.1) is 11.3 Å². The number of nitrogens with one attached hydrogen (secondary N) is 1. The minimum atomic E-state index is 0.302. The zero-order chi connectivity index (χ0) is 14.1. The lowest BCUT2D eigenvalue weighted by Crippen LogP contribution is -2.19. The fraction of sp³-hybridized carbons (Fsp3) is 0.267. The molecule has 2 heterocycles. The number of nitrogens with zero attached hydrogens (tertiary/aromatic N) is 2. The molecule has 3 nitrogen and oxygen atoms in total. The third-order valence-electron chi connectivity index (χ3n) is 3.49. The van der Waals surface area contributed by atoms with Gasteiger partial charge in [0, 0.05) is 28.6 Å². The van der Waals surface area contributed by atoms with Crippen LogP contribution < -0.4 is 5.32 Å². The number of imidazole rings is 1. The van der Waals surface area contributed by atoms with Crippen LogP contribution in [0, 0.1) is 6.92 Å². The Balaban J connectivity index is 1.76. The van der Waals surface area contributed by atoms with E-state index in [4.69, 9.17) is 0 Å². The highest BCUT2D eigenvalue weighted by atomic mass is 79.9. The van der Waals surface area contributed by atoms with Crippen LogP contribution in [0.25, 0.3) is 4.96 Å². The summed E-state index contributed by atoms with van der Waals surface area (Å²) >= 11 is 5.19. The number of benzene rings is 1. The molecule has 0 spiro atoms. The Kier molecular flexibility index (Phi) is 3.92. The van der Waals surface area contributed by atoms with Gasteiger partial charge in [0.25, 0.3) is 0 Å². The summed E-state index contributed by atoms with van der Waals surface area (Å²) in [6, 6.07) is 8.72. The lowest BCUT2D eigenvalue weighted by molar-refractivity contribution is 0.564. The summed E-state index contributed by atoms with van der Waals surface area (Å²) in [4.78, 5) is 5.64. The van der Waals surface area contributed by atoms with Crippen molar-refractivity contribution >= 4 is 32.2 Å². The fourth-order valence-corrected chi connectivity index (χ4v) is 3.49. The Labute approximate surface area is 130 Å². The highest BCUT2D eigenvalue weighted by molar-refractivity contribution is 9.10. The summed E-state index contributed by atoms with van der Waals surface area (Å²) in [5, 5.41) is 5.65. The molecule has 0 fully saturated rings. The average Bonchev–Trinajstić information content (AvgIpc) is 2.97. The molecule has 0 saturated carbocycles. The predicted molar refractivity (Wildman–Crippen MR) is 87.2 cm³/mol. The van der Waals surface area contributed by atoms with E-state index in [0.29, 0.717) is 6.04 Å². The molecule has 20 heavy (non-hydrogen) atoms. The molecule has 3 aromatic rings. The Morgan fingerprint density at radius 3 is 3.10 bits per heavy atom. The molecule has 0 bridgehead atoms. The number of rotatable bonds is 4. The van der Waals surface area contributed by atoms with Crippen LogP contribution in [-0.2, 0) is 6.54 Å². The number of halogens is 1. The highest BCUT2D eigenvalue weighted by Crippen LogP contribution is 2.20. The quantitative estimate of drug-likeness (QED) is 0.759. The maximum atomic E-state index is 4.57. The molecule has 3 rings (SSSR count). The van der Waals surface area contributed by atoms with Crippen molar-refractivity contribution in [1.82, 2.24) is 14.7 Å². The van der Waals surface area contributed by atoms with Gasteiger partial charge in [0.2, 0.25) is 0 Å². The molecule has 0 saturated heterocycles. The summed E-state index contributed by atoms with van der Waals surface area (Å²) in [5.74, 6) is 0. The van der Waals surface area contributed by atoms with Crippen LogP contribution in [0.5, 0.6) is 0 Å². The van der Waals surface area contributed by atoms with Crippen molar-refractivity contribution in [2.75, 3.05) is 0 Å². The lowest BCUT2D eigenvalue weighted by Gasteiger charge is -2.14. The van der Waals surface area contributed by atoms with E-state index in [0.717, 1.165) is 21.7 Å². The zero-order valence-electron chi connectivity index (χ0n) is 11.4. The van der Waals surface area contributed by atoms with E-state index < -0.39 is 0 Å². The van der Waals surface area contributed by atoms with Gasteiger partial charge in [0.1, 0.15) is 0 Å².